The van der Waals surface area contributed by atoms with Crippen LogP contribution in [0.4, 0.5) is 5.69 Å². The number of amides is 2. The highest BCUT2D eigenvalue weighted by molar-refractivity contribution is 7.89. The van der Waals surface area contributed by atoms with Crippen LogP contribution >= 0.6 is 0 Å². The smallest absolute Gasteiger partial charge is 0.253 e. The van der Waals surface area contributed by atoms with Crippen LogP contribution < -0.4 is 10.6 Å². The highest BCUT2D eigenvalue weighted by Crippen LogP contribution is 2.25. The minimum absolute atomic E-state index is 0.0312. The number of piperidine rings is 1. The summed E-state index contributed by atoms with van der Waals surface area (Å²) in [6.45, 7) is 4.23. The molecule has 2 aromatic rings. The second kappa shape index (κ2) is 9.40. The van der Waals surface area contributed by atoms with Crippen molar-refractivity contribution in [1.29, 1.82) is 0 Å². The van der Waals surface area contributed by atoms with E-state index in [1.807, 2.05) is 13.8 Å². The van der Waals surface area contributed by atoms with Crippen molar-refractivity contribution >= 4 is 27.5 Å². The van der Waals surface area contributed by atoms with Crippen molar-refractivity contribution in [2.75, 3.05) is 18.4 Å². The normalized spacial score (nSPS) is 17.5. The van der Waals surface area contributed by atoms with Crippen molar-refractivity contribution in [2.45, 2.75) is 37.6 Å². The summed E-state index contributed by atoms with van der Waals surface area (Å²) in [5, 5.41) is 5.64. The van der Waals surface area contributed by atoms with Gasteiger partial charge in [-0.25, -0.2) is 8.42 Å². The molecule has 1 aliphatic heterocycles. The molecule has 1 aliphatic rings. The number of carbonyl (C=O) groups excluding carboxylic acids is 2. The fourth-order valence-electron chi connectivity index (χ4n) is 3.48. The van der Waals surface area contributed by atoms with Crippen LogP contribution in [0, 0.1) is 5.92 Å². The molecule has 0 bridgehead atoms. The number of para-hydroxylation sites is 1. The van der Waals surface area contributed by atoms with E-state index in [4.69, 9.17) is 0 Å². The summed E-state index contributed by atoms with van der Waals surface area (Å²) in [5.74, 6) is -1.04. The molecule has 2 aromatic carbocycles. The van der Waals surface area contributed by atoms with Gasteiger partial charge in [-0.2, -0.15) is 4.31 Å². The molecule has 2 N–H and O–H groups in total. The first-order valence-electron chi connectivity index (χ1n) is 10.0. The zero-order valence-corrected chi connectivity index (χ0v) is 18.0. The average Bonchev–Trinajstić information content (AvgIpc) is 2.74. The minimum Gasteiger partial charge on any atom is -0.350 e. The Morgan fingerprint density at radius 2 is 1.70 bits per heavy atom. The molecular formula is C22H27N3O4S. The molecule has 0 radical (unpaired) electrons. The fraction of sp³-hybridized carbons (Fsp3) is 0.364. The van der Waals surface area contributed by atoms with Gasteiger partial charge in [0.05, 0.1) is 22.1 Å². The Morgan fingerprint density at radius 3 is 2.40 bits per heavy atom. The number of rotatable bonds is 6. The Bertz CT molecular complexity index is 1010. The summed E-state index contributed by atoms with van der Waals surface area (Å²) in [6, 6.07) is 15.0. The van der Waals surface area contributed by atoms with E-state index in [0.717, 1.165) is 0 Å². The highest BCUT2D eigenvalue weighted by Gasteiger charge is 2.33. The predicted octanol–water partition coefficient (Wildman–Crippen LogP) is 2.86. The van der Waals surface area contributed by atoms with Crippen LogP contribution in [0.3, 0.4) is 0 Å². The quantitative estimate of drug-likeness (QED) is 0.738. The van der Waals surface area contributed by atoms with E-state index in [2.05, 4.69) is 10.6 Å². The Kier molecular flexibility index (Phi) is 6.89. The van der Waals surface area contributed by atoms with E-state index in [0.29, 0.717) is 30.6 Å². The monoisotopic (exact) mass is 429 g/mol. The van der Waals surface area contributed by atoms with Gasteiger partial charge in [-0.05, 0) is 51.0 Å². The SMILES string of the molecule is CC(C)NC(=O)c1ccccc1NC(=O)[C@H]1CCCN(S(=O)(=O)c2ccccc2)C1. The molecule has 0 aliphatic carbocycles. The van der Waals surface area contributed by atoms with Crippen molar-refractivity contribution in [3.63, 3.8) is 0 Å². The molecule has 0 aromatic heterocycles. The van der Waals surface area contributed by atoms with Gasteiger partial charge in [0.1, 0.15) is 0 Å². The zero-order valence-electron chi connectivity index (χ0n) is 17.2. The van der Waals surface area contributed by atoms with Crippen LogP contribution in [0.25, 0.3) is 0 Å². The molecule has 7 nitrogen and oxygen atoms in total. The minimum atomic E-state index is -3.65. The van der Waals surface area contributed by atoms with Crippen LogP contribution in [-0.2, 0) is 14.8 Å². The van der Waals surface area contributed by atoms with Gasteiger partial charge < -0.3 is 10.6 Å². The van der Waals surface area contributed by atoms with Crippen molar-refractivity contribution in [2.24, 2.45) is 5.92 Å². The Morgan fingerprint density at radius 1 is 1.03 bits per heavy atom. The van der Waals surface area contributed by atoms with Crippen LogP contribution in [0.5, 0.6) is 0 Å². The summed E-state index contributed by atoms with van der Waals surface area (Å²) >= 11 is 0. The van der Waals surface area contributed by atoms with Crippen molar-refractivity contribution in [3.05, 3.63) is 60.2 Å². The molecular weight excluding hydrogens is 402 g/mol. The molecule has 2 amide bonds. The van der Waals surface area contributed by atoms with E-state index < -0.39 is 15.9 Å². The summed E-state index contributed by atoms with van der Waals surface area (Å²) in [6.07, 6.45) is 1.19. The van der Waals surface area contributed by atoms with Crippen LogP contribution in [0.15, 0.2) is 59.5 Å². The lowest BCUT2D eigenvalue weighted by atomic mass is 9.98. The number of nitrogens with zero attached hydrogens (tertiary/aromatic N) is 1. The topological polar surface area (TPSA) is 95.6 Å². The lowest BCUT2D eigenvalue weighted by molar-refractivity contribution is -0.120. The molecule has 8 heteroatoms. The summed E-state index contributed by atoms with van der Waals surface area (Å²) < 4.78 is 27.2. The third kappa shape index (κ3) is 5.06. The molecule has 30 heavy (non-hydrogen) atoms. The maximum atomic E-state index is 12.9. The third-order valence-corrected chi connectivity index (χ3v) is 6.86. The lowest BCUT2D eigenvalue weighted by Crippen LogP contribution is -2.43. The number of carbonyl (C=O) groups is 2. The van der Waals surface area contributed by atoms with Gasteiger partial charge >= 0.3 is 0 Å². The van der Waals surface area contributed by atoms with Crippen LogP contribution in [-0.4, -0.2) is 43.7 Å². The molecule has 3 rings (SSSR count). The third-order valence-electron chi connectivity index (χ3n) is 4.99. The molecule has 1 saturated heterocycles. The van der Waals surface area contributed by atoms with E-state index >= 15 is 0 Å². The Labute approximate surface area is 177 Å². The number of sulfonamides is 1. The summed E-state index contributed by atoms with van der Waals surface area (Å²) in [7, 11) is -3.65. The predicted molar refractivity (Wildman–Crippen MR) is 116 cm³/mol. The zero-order chi connectivity index (χ0) is 21.7. The molecule has 0 spiro atoms. The number of hydrogen-bond donors (Lipinski definition) is 2. The van der Waals surface area contributed by atoms with Gasteiger partial charge in [-0.1, -0.05) is 30.3 Å². The number of anilines is 1. The average molecular weight is 430 g/mol. The van der Waals surface area contributed by atoms with E-state index in [-0.39, 0.29) is 29.3 Å². The van der Waals surface area contributed by atoms with Gasteiger partial charge in [0.15, 0.2) is 0 Å². The molecule has 1 fully saturated rings. The maximum Gasteiger partial charge on any atom is 0.253 e. The molecule has 0 saturated carbocycles. The van der Waals surface area contributed by atoms with Gasteiger partial charge in [-0.3, -0.25) is 9.59 Å². The van der Waals surface area contributed by atoms with Crippen molar-refractivity contribution in [1.82, 2.24) is 9.62 Å². The molecule has 1 heterocycles. The van der Waals surface area contributed by atoms with E-state index in [9.17, 15) is 18.0 Å². The van der Waals surface area contributed by atoms with Crippen molar-refractivity contribution < 1.29 is 18.0 Å². The Balaban J connectivity index is 1.73. The second-order valence-electron chi connectivity index (χ2n) is 7.68. The number of nitrogens with one attached hydrogen (secondary N) is 2. The van der Waals surface area contributed by atoms with Gasteiger partial charge in [0.2, 0.25) is 15.9 Å². The molecule has 1 atom stereocenters. The standard InChI is InChI=1S/C22H27N3O4S/c1-16(2)23-22(27)19-12-6-7-13-20(19)24-21(26)17-9-8-14-25(15-17)30(28,29)18-10-4-3-5-11-18/h3-7,10-13,16-17H,8-9,14-15H2,1-2H3,(H,23,27)(H,24,26)/t17-/m0/s1. The first-order chi connectivity index (χ1) is 14.3. The summed E-state index contributed by atoms with van der Waals surface area (Å²) in [4.78, 5) is 25.6. The first-order valence-corrected chi connectivity index (χ1v) is 11.5. The first kappa shape index (κ1) is 22.0. The Hall–Kier alpha value is -2.71. The van der Waals surface area contributed by atoms with E-state index in [1.54, 1.807) is 54.6 Å². The van der Waals surface area contributed by atoms with Gasteiger partial charge in [0, 0.05) is 19.1 Å². The maximum absolute atomic E-state index is 12.9. The molecule has 160 valence electrons. The second-order valence-corrected chi connectivity index (χ2v) is 9.62. The highest BCUT2D eigenvalue weighted by atomic mass is 32.2. The lowest BCUT2D eigenvalue weighted by Gasteiger charge is -2.31. The number of hydrogen-bond acceptors (Lipinski definition) is 4. The van der Waals surface area contributed by atoms with Crippen molar-refractivity contribution in [3.8, 4) is 0 Å². The number of benzene rings is 2. The summed E-state index contributed by atoms with van der Waals surface area (Å²) in [5.41, 5.74) is 0.799. The molecule has 0 unspecified atom stereocenters. The fourth-order valence-corrected chi connectivity index (χ4v) is 5.03. The van der Waals surface area contributed by atoms with Gasteiger partial charge in [-0.15, -0.1) is 0 Å². The van der Waals surface area contributed by atoms with Gasteiger partial charge in [0.25, 0.3) is 5.91 Å². The van der Waals surface area contributed by atoms with Crippen LogP contribution in [0.2, 0.25) is 0 Å². The van der Waals surface area contributed by atoms with Crippen LogP contribution in [0.1, 0.15) is 37.0 Å². The van der Waals surface area contributed by atoms with E-state index in [1.165, 1.54) is 4.31 Å². The largest absolute Gasteiger partial charge is 0.350 e.